The van der Waals surface area contributed by atoms with Crippen molar-refractivity contribution in [3.8, 4) is 11.3 Å². The molecule has 4 aromatic rings. The molecule has 4 rings (SSSR count). The fraction of sp³-hybridized carbons (Fsp3) is 0.0526. The molecule has 0 bridgehead atoms. The van der Waals surface area contributed by atoms with E-state index in [9.17, 15) is 4.39 Å². The first-order valence-corrected chi connectivity index (χ1v) is 8.16. The molecule has 6 heteroatoms. The Hall–Kier alpha value is -2.92. The number of pyridine rings is 1. The molecule has 0 saturated carbocycles. The Morgan fingerprint density at radius 3 is 2.72 bits per heavy atom. The number of hydrogen-bond donors (Lipinski definition) is 2. The van der Waals surface area contributed by atoms with Crippen molar-refractivity contribution in [3.63, 3.8) is 0 Å². The Balaban J connectivity index is 1.59. The van der Waals surface area contributed by atoms with E-state index < -0.39 is 5.82 Å². The summed E-state index contributed by atoms with van der Waals surface area (Å²) in [4.78, 5) is 12.1. The number of nitrogens with one attached hydrogen (secondary N) is 2. The maximum Gasteiger partial charge on any atom is 0.201 e. The lowest BCUT2D eigenvalue weighted by Gasteiger charge is -2.02. The third kappa shape index (κ3) is 3.32. The van der Waals surface area contributed by atoms with Crippen LogP contribution in [0.15, 0.2) is 60.8 Å². The van der Waals surface area contributed by atoms with Crippen molar-refractivity contribution in [3.05, 3.63) is 77.2 Å². The second kappa shape index (κ2) is 6.53. The summed E-state index contributed by atoms with van der Waals surface area (Å²) in [5.74, 6) is 0.230. The van der Waals surface area contributed by atoms with Gasteiger partial charge in [0.05, 0.1) is 27.9 Å². The van der Waals surface area contributed by atoms with Crippen molar-refractivity contribution in [1.82, 2.24) is 15.0 Å². The number of aromatic amines is 1. The van der Waals surface area contributed by atoms with Crippen LogP contribution in [0.4, 0.5) is 10.3 Å². The second-order valence-electron chi connectivity index (χ2n) is 5.64. The lowest BCUT2D eigenvalue weighted by Crippen LogP contribution is -2.00. The van der Waals surface area contributed by atoms with Crippen molar-refractivity contribution in [1.29, 1.82) is 0 Å². The lowest BCUT2D eigenvalue weighted by atomic mass is 10.1. The molecule has 0 aliphatic carbocycles. The zero-order chi connectivity index (χ0) is 17.2. The molecule has 0 unspecified atom stereocenters. The maximum absolute atomic E-state index is 13.3. The normalized spacial score (nSPS) is 11.0. The second-order valence-corrected chi connectivity index (χ2v) is 6.05. The molecular formula is C19H14ClFN4. The Bertz CT molecular complexity index is 1030. The minimum atomic E-state index is -0.446. The molecule has 2 heterocycles. The first-order valence-electron chi connectivity index (χ1n) is 7.78. The van der Waals surface area contributed by atoms with E-state index in [0.29, 0.717) is 18.2 Å². The predicted molar refractivity (Wildman–Crippen MR) is 98.1 cm³/mol. The Morgan fingerprint density at radius 1 is 1.08 bits per heavy atom. The monoisotopic (exact) mass is 352 g/mol. The average Bonchev–Trinajstić information content (AvgIpc) is 3.05. The Labute approximate surface area is 148 Å². The minimum Gasteiger partial charge on any atom is -0.352 e. The van der Waals surface area contributed by atoms with Crippen LogP contribution in [-0.4, -0.2) is 15.0 Å². The summed E-state index contributed by atoms with van der Waals surface area (Å²) in [6.07, 6.45) is 1.71. The number of rotatable bonds is 4. The first kappa shape index (κ1) is 15.6. The highest BCUT2D eigenvalue weighted by atomic mass is 35.5. The standard InChI is InChI=1S/C19H14ClFN4/c20-14-8-13(6-7-15(14)21)16-9-17-18(11-22-16)25-19(24-17)23-10-12-4-2-1-3-5-12/h1-9,11H,10H2,(H2,23,24,25). The fourth-order valence-electron chi connectivity index (χ4n) is 2.59. The van der Waals surface area contributed by atoms with Crippen LogP contribution in [0.1, 0.15) is 5.56 Å². The van der Waals surface area contributed by atoms with Gasteiger partial charge in [0.1, 0.15) is 5.82 Å². The van der Waals surface area contributed by atoms with Gasteiger partial charge in [-0.25, -0.2) is 9.37 Å². The SMILES string of the molecule is Fc1ccc(-c2cc3nc(NCc4ccccc4)[nH]c3cn2)cc1Cl. The number of anilines is 1. The van der Waals surface area contributed by atoms with Crippen LogP contribution in [0.3, 0.4) is 0 Å². The molecule has 0 atom stereocenters. The van der Waals surface area contributed by atoms with E-state index in [4.69, 9.17) is 11.6 Å². The molecule has 4 nitrogen and oxygen atoms in total. The van der Waals surface area contributed by atoms with Crippen molar-refractivity contribution in [2.24, 2.45) is 0 Å². The number of benzene rings is 2. The smallest absolute Gasteiger partial charge is 0.201 e. The Kier molecular flexibility index (Phi) is 4.07. The van der Waals surface area contributed by atoms with Gasteiger partial charge in [-0.1, -0.05) is 41.9 Å². The van der Waals surface area contributed by atoms with Gasteiger partial charge >= 0.3 is 0 Å². The molecule has 0 fully saturated rings. The molecule has 2 N–H and O–H groups in total. The highest BCUT2D eigenvalue weighted by molar-refractivity contribution is 6.31. The van der Waals surface area contributed by atoms with Gasteiger partial charge < -0.3 is 10.3 Å². The van der Waals surface area contributed by atoms with Crippen molar-refractivity contribution in [2.75, 3.05) is 5.32 Å². The summed E-state index contributed by atoms with van der Waals surface area (Å²) in [5, 5.41) is 3.34. The largest absolute Gasteiger partial charge is 0.352 e. The number of hydrogen-bond acceptors (Lipinski definition) is 3. The van der Waals surface area contributed by atoms with Crippen LogP contribution in [0.5, 0.6) is 0 Å². The molecule has 25 heavy (non-hydrogen) atoms. The molecule has 2 aromatic carbocycles. The van der Waals surface area contributed by atoms with Gasteiger partial charge in [0.15, 0.2) is 0 Å². The Morgan fingerprint density at radius 2 is 1.92 bits per heavy atom. The van der Waals surface area contributed by atoms with Crippen LogP contribution in [0, 0.1) is 5.82 Å². The summed E-state index contributed by atoms with van der Waals surface area (Å²) in [5.41, 5.74) is 4.21. The van der Waals surface area contributed by atoms with Crippen LogP contribution >= 0.6 is 11.6 Å². The number of nitrogens with zero attached hydrogens (tertiary/aromatic N) is 2. The summed E-state index contributed by atoms with van der Waals surface area (Å²) in [6.45, 7) is 0.675. The topological polar surface area (TPSA) is 53.6 Å². The fourth-order valence-corrected chi connectivity index (χ4v) is 2.77. The van der Waals surface area contributed by atoms with E-state index >= 15 is 0 Å². The van der Waals surface area contributed by atoms with Gasteiger partial charge in [-0.15, -0.1) is 0 Å². The molecule has 0 aliphatic heterocycles. The maximum atomic E-state index is 13.3. The van der Waals surface area contributed by atoms with Gasteiger partial charge in [0.25, 0.3) is 0 Å². The molecule has 0 amide bonds. The highest BCUT2D eigenvalue weighted by Crippen LogP contribution is 2.25. The number of halogens is 2. The number of fused-ring (bicyclic) bond motifs is 1. The molecule has 0 spiro atoms. The van der Waals surface area contributed by atoms with Crippen LogP contribution in [0.2, 0.25) is 5.02 Å². The molecule has 2 aromatic heterocycles. The highest BCUT2D eigenvalue weighted by Gasteiger charge is 2.08. The van der Waals surface area contributed by atoms with Crippen LogP contribution in [-0.2, 0) is 6.54 Å². The molecule has 0 saturated heterocycles. The lowest BCUT2D eigenvalue weighted by molar-refractivity contribution is 0.628. The summed E-state index contributed by atoms with van der Waals surface area (Å²) in [7, 11) is 0. The predicted octanol–water partition coefficient (Wildman–Crippen LogP) is 5.03. The van der Waals surface area contributed by atoms with Crippen molar-refractivity contribution < 1.29 is 4.39 Å². The minimum absolute atomic E-state index is 0.0756. The van der Waals surface area contributed by atoms with Gasteiger partial charge in [-0.05, 0) is 29.8 Å². The summed E-state index contributed by atoms with van der Waals surface area (Å²) >= 11 is 5.85. The van der Waals surface area contributed by atoms with Gasteiger partial charge in [0.2, 0.25) is 5.95 Å². The average molecular weight is 353 g/mol. The molecule has 0 radical (unpaired) electrons. The quantitative estimate of drug-likeness (QED) is 0.541. The van der Waals surface area contributed by atoms with Crippen LogP contribution < -0.4 is 5.32 Å². The number of H-pyrrole nitrogens is 1. The summed E-state index contributed by atoms with van der Waals surface area (Å²) < 4.78 is 13.3. The third-order valence-corrected chi connectivity index (χ3v) is 4.18. The molecule has 124 valence electrons. The van der Waals surface area contributed by atoms with E-state index in [1.165, 1.54) is 11.6 Å². The van der Waals surface area contributed by atoms with E-state index in [-0.39, 0.29) is 5.02 Å². The zero-order valence-corrected chi connectivity index (χ0v) is 13.9. The van der Waals surface area contributed by atoms with Gasteiger partial charge in [-0.3, -0.25) is 4.98 Å². The van der Waals surface area contributed by atoms with E-state index in [0.717, 1.165) is 16.6 Å². The number of aromatic nitrogens is 3. The molecular weight excluding hydrogens is 339 g/mol. The van der Waals surface area contributed by atoms with Gasteiger partial charge in [0, 0.05) is 12.1 Å². The van der Waals surface area contributed by atoms with Gasteiger partial charge in [-0.2, -0.15) is 0 Å². The first-order chi connectivity index (χ1) is 12.2. The van der Waals surface area contributed by atoms with Crippen LogP contribution in [0.25, 0.3) is 22.3 Å². The molecule has 0 aliphatic rings. The number of imidazole rings is 1. The van der Waals surface area contributed by atoms with Crippen molar-refractivity contribution in [2.45, 2.75) is 6.54 Å². The van der Waals surface area contributed by atoms with Crippen molar-refractivity contribution >= 4 is 28.6 Å². The zero-order valence-electron chi connectivity index (χ0n) is 13.1. The third-order valence-electron chi connectivity index (χ3n) is 3.89. The van der Waals surface area contributed by atoms with E-state index in [1.807, 2.05) is 36.4 Å². The summed E-state index contributed by atoms with van der Waals surface area (Å²) in [6, 6.07) is 16.5. The van der Waals surface area contributed by atoms with E-state index in [2.05, 4.69) is 20.3 Å². The van der Waals surface area contributed by atoms with E-state index in [1.54, 1.807) is 18.3 Å².